The predicted molar refractivity (Wildman–Crippen MR) is 69.1 cm³/mol. The number of H-pyrrole nitrogens is 2. The summed E-state index contributed by atoms with van der Waals surface area (Å²) >= 11 is 0. The Kier molecular flexibility index (Phi) is 2.75. The van der Waals surface area contributed by atoms with Crippen LogP contribution in [0.4, 0.5) is 5.82 Å². The Bertz CT molecular complexity index is 740. The number of hydrogen-bond donors (Lipinski definition) is 3. The van der Waals surface area contributed by atoms with Gasteiger partial charge in [0.25, 0.3) is 0 Å². The van der Waals surface area contributed by atoms with E-state index in [4.69, 9.17) is 0 Å². The number of aryl methyl sites for hydroxylation is 1. The van der Waals surface area contributed by atoms with Gasteiger partial charge in [0, 0.05) is 31.4 Å². The van der Waals surface area contributed by atoms with Gasteiger partial charge in [-0.2, -0.15) is 5.10 Å². The van der Waals surface area contributed by atoms with Gasteiger partial charge in [-0.1, -0.05) is 0 Å². The molecule has 3 N–H and O–H groups in total. The number of nitrogens with one attached hydrogen (secondary N) is 3. The van der Waals surface area contributed by atoms with Crippen molar-refractivity contribution in [3.63, 3.8) is 0 Å². The van der Waals surface area contributed by atoms with Crippen LogP contribution < -0.4 is 11.0 Å². The molecule has 3 aromatic heterocycles. The second-order valence-electron chi connectivity index (χ2n) is 4.12. The average molecular weight is 259 g/mol. The molecule has 0 aliphatic carbocycles. The molecule has 0 fully saturated rings. The first-order valence-corrected chi connectivity index (χ1v) is 5.91. The molecule has 0 aromatic carbocycles. The number of fused-ring (bicyclic) bond motifs is 1. The summed E-state index contributed by atoms with van der Waals surface area (Å²) in [5, 5.41) is 9.51. The average Bonchev–Trinajstić information content (AvgIpc) is 3.00. The number of rotatable bonds is 4. The molecule has 0 saturated heterocycles. The molecule has 3 aromatic rings. The second-order valence-corrected chi connectivity index (χ2v) is 4.12. The Balaban J connectivity index is 1.76. The van der Waals surface area contributed by atoms with Gasteiger partial charge in [-0.3, -0.25) is 0 Å². The zero-order chi connectivity index (χ0) is 13.2. The number of aromatic amines is 2. The first-order chi connectivity index (χ1) is 9.24. The lowest BCUT2D eigenvalue weighted by Crippen LogP contribution is -2.14. The van der Waals surface area contributed by atoms with E-state index in [-0.39, 0.29) is 5.69 Å². The molecule has 0 amide bonds. The van der Waals surface area contributed by atoms with Crippen LogP contribution in [0.2, 0.25) is 0 Å². The smallest absolute Gasteiger partial charge is 0.349 e. The van der Waals surface area contributed by atoms with Crippen molar-refractivity contribution in [3.05, 3.63) is 40.6 Å². The van der Waals surface area contributed by atoms with Crippen molar-refractivity contribution >= 4 is 11.5 Å². The second kappa shape index (κ2) is 4.56. The van der Waals surface area contributed by atoms with Crippen molar-refractivity contribution in [2.45, 2.75) is 13.3 Å². The summed E-state index contributed by atoms with van der Waals surface area (Å²) < 4.78 is 1.43. The minimum absolute atomic E-state index is 0.276. The quantitative estimate of drug-likeness (QED) is 0.616. The maximum atomic E-state index is 11.5. The predicted octanol–water partition coefficient (Wildman–Crippen LogP) is 0.104. The van der Waals surface area contributed by atoms with Crippen LogP contribution in [0.15, 0.2) is 23.3 Å². The molecular formula is C11H13N7O. The van der Waals surface area contributed by atoms with Gasteiger partial charge in [0.2, 0.25) is 0 Å². The lowest BCUT2D eigenvalue weighted by atomic mass is 10.4. The van der Waals surface area contributed by atoms with E-state index in [0.717, 1.165) is 12.2 Å². The summed E-state index contributed by atoms with van der Waals surface area (Å²) in [6.45, 7) is 2.46. The van der Waals surface area contributed by atoms with Gasteiger partial charge in [-0.05, 0) is 6.92 Å². The van der Waals surface area contributed by atoms with E-state index in [0.29, 0.717) is 23.8 Å². The Labute approximate surface area is 107 Å². The lowest BCUT2D eigenvalue weighted by Gasteiger charge is -2.06. The Morgan fingerprint density at radius 3 is 3.16 bits per heavy atom. The van der Waals surface area contributed by atoms with Gasteiger partial charge < -0.3 is 10.3 Å². The van der Waals surface area contributed by atoms with E-state index in [9.17, 15) is 4.79 Å². The summed E-state index contributed by atoms with van der Waals surface area (Å²) in [7, 11) is 0. The highest BCUT2D eigenvalue weighted by Gasteiger charge is 2.06. The highest BCUT2D eigenvalue weighted by molar-refractivity contribution is 5.49. The van der Waals surface area contributed by atoms with Crippen LogP contribution in [-0.4, -0.2) is 36.1 Å². The molecule has 8 heteroatoms. The van der Waals surface area contributed by atoms with E-state index in [1.54, 1.807) is 25.4 Å². The van der Waals surface area contributed by atoms with Gasteiger partial charge >= 0.3 is 5.69 Å². The molecule has 0 saturated carbocycles. The Morgan fingerprint density at radius 1 is 1.47 bits per heavy atom. The van der Waals surface area contributed by atoms with Crippen LogP contribution in [0.3, 0.4) is 0 Å². The van der Waals surface area contributed by atoms with Gasteiger partial charge in [-0.15, -0.1) is 0 Å². The van der Waals surface area contributed by atoms with Crippen LogP contribution in [0.1, 0.15) is 11.6 Å². The molecule has 0 spiro atoms. The molecule has 0 bridgehead atoms. The van der Waals surface area contributed by atoms with Crippen molar-refractivity contribution in [2.75, 3.05) is 11.9 Å². The first-order valence-electron chi connectivity index (χ1n) is 5.91. The fourth-order valence-corrected chi connectivity index (χ4v) is 1.93. The van der Waals surface area contributed by atoms with Gasteiger partial charge in [0.1, 0.15) is 17.5 Å². The molecule has 8 nitrogen and oxygen atoms in total. The van der Waals surface area contributed by atoms with Crippen LogP contribution in [-0.2, 0) is 6.42 Å². The normalized spacial score (nSPS) is 11.0. The summed E-state index contributed by atoms with van der Waals surface area (Å²) in [5.74, 6) is 2.20. The third-order valence-corrected chi connectivity index (χ3v) is 2.79. The monoisotopic (exact) mass is 259 g/mol. The zero-order valence-electron chi connectivity index (χ0n) is 10.3. The summed E-state index contributed by atoms with van der Waals surface area (Å²) in [4.78, 5) is 22.9. The van der Waals surface area contributed by atoms with E-state index in [1.807, 2.05) is 0 Å². The molecule has 0 aliphatic heterocycles. The molecule has 0 aliphatic rings. The summed E-state index contributed by atoms with van der Waals surface area (Å²) in [5.41, 5.74) is 0.278. The molecule has 3 heterocycles. The molecule has 19 heavy (non-hydrogen) atoms. The number of nitrogens with zero attached hydrogens (tertiary/aromatic N) is 4. The molecule has 98 valence electrons. The maximum Gasteiger partial charge on any atom is 0.349 e. The third-order valence-electron chi connectivity index (χ3n) is 2.79. The van der Waals surface area contributed by atoms with Crippen LogP contribution in [0.25, 0.3) is 5.65 Å². The van der Waals surface area contributed by atoms with Crippen LogP contribution in [0, 0.1) is 6.92 Å². The van der Waals surface area contributed by atoms with E-state index < -0.39 is 0 Å². The van der Waals surface area contributed by atoms with Crippen molar-refractivity contribution in [1.29, 1.82) is 0 Å². The van der Waals surface area contributed by atoms with E-state index in [2.05, 4.69) is 30.5 Å². The Hall–Kier alpha value is -2.64. The topological polar surface area (TPSA) is 104 Å². The fraction of sp³-hybridized carbons (Fsp3) is 0.273. The molecule has 0 unspecified atom stereocenters. The standard InChI is InChI=1S/C11H13N7O/c1-7-15-9(6-10-16-17-11(19)18(7)10)12-3-2-8-13-4-5-14-8/h4-6,12H,2-3H2,1H3,(H,13,14)(H,17,19). The number of hydrogen-bond acceptors (Lipinski definition) is 5. The maximum absolute atomic E-state index is 11.5. The third kappa shape index (κ3) is 2.19. The van der Waals surface area contributed by atoms with Crippen molar-refractivity contribution in [1.82, 2.24) is 29.5 Å². The van der Waals surface area contributed by atoms with Crippen molar-refractivity contribution in [3.8, 4) is 0 Å². The Morgan fingerprint density at radius 2 is 2.37 bits per heavy atom. The molecular weight excluding hydrogens is 246 g/mol. The minimum Gasteiger partial charge on any atom is -0.369 e. The van der Waals surface area contributed by atoms with Crippen molar-refractivity contribution in [2.24, 2.45) is 0 Å². The minimum atomic E-state index is -0.276. The highest BCUT2D eigenvalue weighted by atomic mass is 16.1. The SMILES string of the molecule is Cc1nc(NCCc2ncc[nH]2)cc2n[nH]c(=O)n12. The molecule has 3 rings (SSSR count). The molecule has 0 radical (unpaired) electrons. The molecule has 0 atom stereocenters. The van der Waals surface area contributed by atoms with E-state index >= 15 is 0 Å². The van der Waals surface area contributed by atoms with Crippen LogP contribution in [0.5, 0.6) is 0 Å². The number of imidazole rings is 1. The highest BCUT2D eigenvalue weighted by Crippen LogP contribution is 2.07. The summed E-state index contributed by atoms with van der Waals surface area (Å²) in [6, 6.07) is 1.73. The van der Waals surface area contributed by atoms with Gasteiger partial charge in [0.15, 0.2) is 5.65 Å². The van der Waals surface area contributed by atoms with Crippen molar-refractivity contribution < 1.29 is 0 Å². The first kappa shape index (κ1) is 11.5. The van der Waals surface area contributed by atoms with Gasteiger partial charge in [-0.25, -0.2) is 24.3 Å². The van der Waals surface area contributed by atoms with E-state index in [1.165, 1.54) is 4.40 Å². The van der Waals surface area contributed by atoms with Crippen LogP contribution >= 0.6 is 0 Å². The summed E-state index contributed by atoms with van der Waals surface area (Å²) in [6.07, 6.45) is 4.28. The lowest BCUT2D eigenvalue weighted by molar-refractivity contribution is 0.902. The largest absolute Gasteiger partial charge is 0.369 e. The van der Waals surface area contributed by atoms with Gasteiger partial charge in [0.05, 0.1) is 0 Å². The zero-order valence-corrected chi connectivity index (χ0v) is 10.3. The number of aromatic nitrogens is 6. The fourth-order valence-electron chi connectivity index (χ4n) is 1.93. The number of anilines is 1.